The molecular formula is C11H9Br2ClO2. The monoisotopic (exact) mass is 366 g/mol. The highest BCUT2D eigenvalue weighted by atomic mass is 79.9. The summed E-state index contributed by atoms with van der Waals surface area (Å²) >= 11 is 12.1. The molecule has 1 aromatic carbocycles. The lowest BCUT2D eigenvalue weighted by Gasteiger charge is -2.03. The second-order valence-electron chi connectivity index (χ2n) is 3.20. The second-order valence-corrected chi connectivity index (χ2v) is 5.35. The van der Waals surface area contributed by atoms with Crippen molar-refractivity contribution in [2.24, 2.45) is 0 Å². The molecule has 16 heavy (non-hydrogen) atoms. The van der Waals surface area contributed by atoms with Crippen LogP contribution in [-0.4, -0.2) is 17.4 Å². The third-order valence-electron chi connectivity index (χ3n) is 2.00. The van der Waals surface area contributed by atoms with Crippen molar-refractivity contribution in [1.82, 2.24) is 0 Å². The first kappa shape index (κ1) is 13.9. The minimum Gasteiger partial charge on any atom is -0.291 e. The molecule has 0 bridgehead atoms. The predicted octanol–water partition coefficient (Wildman–Crippen LogP) is 3.52. The van der Waals surface area contributed by atoms with Gasteiger partial charge in [-0.3, -0.25) is 9.59 Å². The lowest BCUT2D eigenvalue weighted by molar-refractivity contribution is -0.136. The van der Waals surface area contributed by atoms with E-state index < -0.39 is 11.6 Å². The molecule has 1 rings (SSSR count). The maximum atomic E-state index is 11.5. The van der Waals surface area contributed by atoms with Gasteiger partial charge < -0.3 is 0 Å². The molecule has 0 saturated carbocycles. The van der Waals surface area contributed by atoms with E-state index in [9.17, 15) is 9.59 Å². The molecule has 2 nitrogen and oxygen atoms in total. The summed E-state index contributed by atoms with van der Waals surface area (Å²) in [4.78, 5) is 22.8. The van der Waals surface area contributed by atoms with Crippen LogP contribution in [0.15, 0.2) is 27.1 Å². The Kier molecular flexibility index (Phi) is 5.66. The Morgan fingerprint density at radius 2 is 1.88 bits per heavy atom. The molecule has 0 heterocycles. The summed E-state index contributed by atoms with van der Waals surface area (Å²) in [5.41, 5.74) is 0.802. The first-order chi connectivity index (χ1) is 7.54. The zero-order valence-electron chi connectivity index (χ0n) is 8.30. The van der Waals surface area contributed by atoms with Gasteiger partial charge in [0.2, 0.25) is 5.78 Å². The largest absolute Gasteiger partial charge is 0.291 e. The van der Waals surface area contributed by atoms with Crippen LogP contribution < -0.4 is 0 Å². The SMILES string of the molecule is O=C(CCCl)C(=O)Cc1ccc(Br)cc1Br. The molecule has 0 amide bonds. The van der Waals surface area contributed by atoms with Gasteiger partial charge in [0.1, 0.15) is 0 Å². The Morgan fingerprint density at radius 1 is 1.19 bits per heavy atom. The minimum atomic E-state index is -0.412. The van der Waals surface area contributed by atoms with Gasteiger partial charge in [-0.2, -0.15) is 0 Å². The topological polar surface area (TPSA) is 34.1 Å². The van der Waals surface area contributed by atoms with Gasteiger partial charge in [-0.25, -0.2) is 0 Å². The van der Waals surface area contributed by atoms with E-state index in [4.69, 9.17) is 11.6 Å². The summed E-state index contributed by atoms with van der Waals surface area (Å²) in [5, 5.41) is 0. The van der Waals surface area contributed by atoms with E-state index in [1.165, 1.54) is 0 Å². The van der Waals surface area contributed by atoms with Crippen LogP contribution in [-0.2, 0) is 16.0 Å². The normalized spacial score (nSPS) is 10.2. The van der Waals surface area contributed by atoms with Crippen LogP contribution in [0.4, 0.5) is 0 Å². The van der Waals surface area contributed by atoms with Crippen molar-refractivity contribution in [3.05, 3.63) is 32.7 Å². The molecular weight excluding hydrogens is 359 g/mol. The number of rotatable bonds is 5. The number of alkyl halides is 1. The average molecular weight is 368 g/mol. The second kappa shape index (κ2) is 6.52. The van der Waals surface area contributed by atoms with Gasteiger partial charge in [0.05, 0.1) is 0 Å². The van der Waals surface area contributed by atoms with Crippen molar-refractivity contribution in [3.8, 4) is 0 Å². The Bertz CT molecular complexity index is 418. The number of carbonyl (C=O) groups excluding carboxylic acids is 2. The highest BCUT2D eigenvalue weighted by Crippen LogP contribution is 2.22. The van der Waals surface area contributed by atoms with Crippen molar-refractivity contribution >= 4 is 55.0 Å². The summed E-state index contributed by atoms with van der Waals surface area (Å²) in [6.45, 7) is 0. The Labute approximate surface area is 116 Å². The summed E-state index contributed by atoms with van der Waals surface area (Å²) in [6.07, 6.45) is 0.220. The maximum absolute atomic E-state index is 11.5. The molecule has 0 unspecified atom stereocenters. The van der Waals surface area contributed by atoms with Crippen LogP contribution in [0.1, 0.15) is 12.0 Å². The van der Waals surface area contributed by atoms with Gasteiger partial charge in [0.25, 0.3) is 0 Å². The number of halogens is 3. The Morgan fingerprint density at radius 3 is 2.44 bits per heavy atom. The number of carbonyl (C=O) groups is 2. The zero-order valence-corrected chi connectivity index (χ0v) is 12.2. The third kappa shape index (κ3) is 4.00. The molecule has 5 heteroatoms. The van der Waals surface area contributed by atoms with E-state index in [0.29, 0.717) is 0 Å². The van der Waals surface area contributed by atoms with Crippen molar-refractivity contribution in [2.45, 2.75) is 12.8 Å². The molecule has 0 aliphatic rings. The molecule has 1 aromatic rings. The fraction of sp³-hybridized carbons (Fsp3) is 0.273. The predicted molar refractivity (Wildman–Crippen MR) is 70.9 cm³/mol. The van der Waals surface area contributed by atoms with Crippen molar-refractivity contribution in [3.63, 3.8) is 0 Å². The highest BCUT2D eigenvalue weighted by molar-refractivity contribution is 9.11. The average Bonchev–Trinajstić information content (AvgIpc) is 2.22. The maximum Gasteiger partial charge on any atom is 0.202 e. The zero-order chi connectivity index (χ0) is 12.1. The van der Waals surface area contributed by atoms with E-state index in [2.05, 4.69) is 31.9 Å². The van der Waals surface area contributed by atoms with Crippen molar-refractivity contribution in [1.29, 1.82) is 0 Å². The molecule has 0 aromatic heterocycles. The van der Waals surface area contributed by atoms with E-state index >= 15 is 0 Å². The first-order valence-corrected chi connectivity index (χ1v) is 6.72. The molecule has 0 aliphatic heterocycles. The number of hydrogen-bond donors (Lipinski definition) is 0. The number of benzene rings is 1. The molecule has 0 spiro atoms. The van der Waals surface area contributed by atoms with Crippen LogP contribution in [0.3, 0.4) is 0 Å². The van der Waals surface area contributed by atoms with Crippen LogP contribution in [0, 0.1) is 0 Å². The molecule has 0 saturated heterocycles. The molecule has 0 aliphatic carbocycles. The van der Waals surface area contributed by atoms with Gasteiger partial charge in [-0.15, -0.1) is 11.6 Å². The lowest BCUT2D eigenvalue weighted by Crippen LogP contribution is -2.16. The fourth-order valence-electron chi connectivity index (χ4n) is 1.16. The van der Waals surface area contributed by atoms with Crippen molar-refractivity contribution < 1.29 is 9.59 Å². The highest BCUT2D eigenvalue weighted by Gasteiger charge is 2.14. The Hall–Kier alpha value is -0.190. The number of ketones is 2. The molecule has 0 atom stereocenters. The molecule has 0 radical (unpaired) electrons. The lowest BCUT2D eigenvalue weighted by atomic mass is 10.1. The molecule has 0 fully saturated rings. The summed E-state index contributed by atoms with van der Waals surface area (Å²) in [7, 11) is 0. The van der Waals surface area contributed by atoms with Gasteiger partial charge in [-0.1, -0.05) is 37.9 Å². The smallest absolute Gasteiger partial charge is 0.202 e. The standard InChI is InChI=1S/C11H9Br2ClO2/c12-8-2-1-7(9(13)6-8)5-11(16)10(15)3-4-14/h1-2,6H,3-5H2. The Balaban J connectivity index is 2.73. The van der Waals surface area contributed by atoms with Crippen LogP contribution in [0.5, 0.6) is 0 Å². The van der Waals surface area contributed by atoms with Crippen molar-refractivity contribution in [2.75, 3.05) is 5.88 Å². The minimum absolute atomic E-state index is 0.106. The van der Waals surface area contributed by atoms with Gasteiger partial charge in [0, 0.05) is 27.7 Å². The van der Waals surface area contributed by atoms with Gasteiger partial charge in [-0.05, 0) is 17.7 Å². The summed E-state index contributed by atoms with van der Waals surface area (Å²) in [6, 6.07) is 5.48. The van der Waals surface area contributed by atoms with Crippen LogP contribution in [0.2, 0.25) is 0 Å². The van der Waals surface area contributed by atoms with Gasteiger partial charge >= 0.3 is 0 Å². The third-order valence-corrected chi connectivity index (χ3v) is 3.42. The van der Waals surface area contributed by atoms with E-state index in [0.717, 1.165) is 14.5 Å². The van der Waals surface area contributed by atoms with Crippen LogP contribution >= 0.6 is 43.5 Å². The fourth-order valence-corrected chi connectivity index (χ4v) is 2.52. The molecule has 86 valence electrons. The summed E-state index contributed by atoms with van der Waals surface area (Å²) < 4.78 is 1.73. The quantitative estimate of drug-likeness (QED) is 0.589. The summed E-state index contributed by atoms with van der Waals surface area (Å²) in [5.74, 6) is -0.625. The first-order valence-electron chi connectivity index (χ1n) is 4.60. The number of Topliss-reactive ketones (excluding diaryl/α,β-unsaturated/α-hetero) is 2. The van der Waals surface area contributed by atoms with Gasteiger partial charge in [0.15, 0.2) is 5.78 Å². The molecule has 0 N–H and O–H groups in total. The van der Waals surface area contributed by atoms with E-state index in [1.807, 2.05) is 12.1 Å². The van der Waals surface area contributed by atoms with Crippen LogP contribution in [0.25, 0.3) is 0 Å². The van der Waals surface area contributed by atoms with E-state index in [-0.39, 0.29) is 18.7 Å². The van der Waals surface area contributed by atoms with E-state index in [1.54, 1.807) is 6.07 Å². The number of hydrogen-bond acceptors (Lipinski definition) is 2.